The number of halogens is 3. The van der Waals surface area contributed by atoms with Crippen LogP contribution in [-0.4, -0.2) is 16.2 Å². The van der Waals surface area contributed by atoms with E-state index in [1.165, 1.54) is 6.07 Å². The Balaban J connectivity index is 2.51. The van der Waals surface area contributed by atoms with E-state index in [2.05, 4.69) is 11.6 Å². The van der Waals surface area contributed by atoms with Gasteiger partial charge in [0, 0.05) is 11.7 Å². The van der Waals surface area contributed by atoms with Crippen molar-refractivity contribution in [1.29, 1.82) is 5.26 Å². The van der Waals surface area contributed by atoms with Gasteiger partial charge >= 0.3 is 5.38 Å². The summed E-state index contributed by atoms with van der Waals surface area (Å²) in [6.07, 6.45) is -0.223. The summed E-state index contributed by atoms with van der Waals surface area (Å²) in [7, 11) is 0. The molecule has 1 unspecified atom stereocenters. The largest absolute Gasteiger partial charge is 0.341 e. The lowest BCUT2D eigenvalue weighted by atomic mass is 9.97. The van der Waals surface area contributed by atoms with Crippen LogP contribution in [-0.2, 0) is 4.79 Å². The van der Waals surface area contributed by atoms with Gasteiger partial charge in [0.15, 0.2) is 11.0 Å². The van der Waals surface area contributed by atoms with Crippen molar-refractivity contribution in [2.24, 2.45) is 5.92 Å². The van der Waals surface area contributed by atoms with Crippen molar-refractivity contribution in [2.75, 3.05) is 5.75 Å². The second-order valence-corrected chi connectivity index (χ2v) is 4.12. The Bertz CT molecular complexity index is 260. The Kier molecular flexibility index (Phi) is 3.14. The van der Waals surface area contributed by atoms with Crippen LogP contribution in [0, 0.1) is 23.2 Å². The summed E-state index contributed by atoms with van der Waals surface area (Å²) in [5, 5.41) is 4.59. The average Bonchev–Trinajstić information content (AvgIpc) is 2.00. The maximum atomic E-state index is 12.4. The lowest BCUT2D eigenvalue weighted by Crippen LogP contribution is -2.30. The van der Waals surface area contributed by atoms with E-state index in [9.17, 15) is 13.6 Å². The third kappa shape index (κ3) is 2.55. The predicted molar refractivity (Wildman–Crippen MR) is 45.2 cm³/mol. The molecule has 0 spiro atoms. The molecule has 0 aromatic heterocycles. The highest BCUT2D eigenvalue weighted by Gasteiger charge is 2.43. The van der Waals surface area contributed by atoms with Crippen LogP contribution in [0.3, 0.4) is 0 Å². The number of rotatable bonds is 3. The monoisotopic (exact) mass is 224 g/mol. The first kappa shape index (κ1) is 10.7. The van der Waals surface area contributed by atoms with Crippen molar-refractivity contribution in [1.82, 2.24) is 0 Å². The summed E-state index contributed by atoms with van der Waals surface area (Å²) in [6, 6.07) is 1.33. The summed E-state index contributed by atoms with van der Waals surface area (Å²) in [6.45, 7) is 0. The molecule has 0 aromatic rings. The number of hydrogen-bond donors (Lipinski definition) is 0. The summed E-state index contributed by atoms with van der Waals surface area (Å²) in [4.78, 5) is 10.8. The highest BCUT2D eigenvalue weighted by Crippen LogP contribution is 2.40. The molecule has 1 atom stereocenters. The van der Waals surface area contributed by atoms with Crippen molar-refractivity contribution < 1.29 is 13.6 Å². The second kappa shape index (κ2) is 3.81. The van der Waals surface area contributed by atoms with E-state index in [1.54, 1.807) is 0 Å². The van der Waals surface area contributed by atoms with Crippen molar-refractivity contribution in [3.8, 4) is 6.07 Å². The smallest absolute Gasteiger partial charge is 0.287 e. The number of nitrogens with zero attached hydrogens (tertiary/aromatic N) is 1. The average molecular weight is 225 g/mol. The molecule has 1 aliphatic rings. The molecule has 6 heteroatoms. The van der Waals surface area contributed by atoms with Crippen molar-refractivity contribution in [3.63, 3.8) is 0 Å². The molecular formula is C7H5ClF2NOS. The van der Waals surface area contributed by atoms with E-state index in [0.717, 1.165) is 11.8 Å². The molecule has 71 valence electrons. The molecule has 13 heavy (non-hydrogen) atoms. The minimum atomic E-state index is -3.62. The van der Waals surface area contributed by atoms with E-state index in [1.807, 2.05) is 0 Å². The molecule has 2 nitrogen and oxygen atoms in total. The third-order valence-corrected chi connectivity index (χ3v) is 3.10. The minimum Gasteiger partial charge on any atom is -0.287 e. The fraction of sp³-hybridized carbons (Fsp3) is 0.571. The zero-order chi connectivity index (χ0) is 10.1. The fourth-order valence-corrected chi connectivity index (χ4v) is 1.74. The lowest BCUT2D eigenvalue weighted by Gasteiger charge is -2.25. The summed E-state index contributed by atoms with van der Waals surface area (Å²) in [5.41, 5.74) is 0. The Hall–Kier alpha value is -0.340. The van der Waals surface area contributed by atoms with Gasteiger partial charge in [-0.25, -0.2) is 0 Å². The van der Waals surface area contributed by atoms with E-state index >= 15 is 0 Å². The van der Waals surface area contributed by atoms with Gasteiger partial charge in [-0.2, -0.15) is 14.0 Å². The molecule has 0 saturated carbocycles. The molecule has 0 aromatic carbocycles. The van der Waals surface area contributed by atoms with Gasteiger partial charge in [-0.15, -0.1) is 0 Å². The Morgan fingerprint density at radius 3 is 2.69 bits per heavy atom. The van der Waals surface area contributed by atoms with Crippen LogP contribution in [0.25, 0.3) is 0 Å². The Morgan fingerprint density at radius 1 is 1.85 bits per heavy atom. The van der Waals surface area contributed by atoms with Gasteiger partial charge in [-0.05, 0) is 18.0 Å². The highest BCUT2D eigenvalue weighted by atomic mass is 35.5. The molecule has 1 rings (SSSR count). The van der Waals surface area contributed by atoms with Gasteiger partial charge < -0.3 is 0 Å². The minimum absolute atomic E-state index is 0.145. The van der Waals surface area contributed by atoms with Gasteiger partial charge in [0.1, 0.15) is 0 Å². The fourth-order valence-electron chi connectivity index (χ4n) is 0.883. The summed E-state index contributed by atoms with van der Waals surface area (Å²) < 4.78 is 24.8. The van der Waals surface area contributed by atoms with Gasteiger partial charge in [0.05, 0.1) is 6.07 Å². The van der Waals surface area contributed by atoms with E-state index in [-0.39, 0.29) is 11.5 Å². The molecule has 0 N–H and O–H groups in total. The number of nitriles is 1. The van der Waals surface area contributed by atoms with Crippen LogP contribution in [0.4, 0.5) is 8.78 Å². The quantitative estimate of drug-likeness (QED) is 0.690. The van der Waals surface area contributed by atoms with E-state index in [0.29, 0.717) is 5.75 Å². The summed E-state index contributed by atoms with van der Waals surface area (Å²) in [5.74, 6) is -0.686. The predicted octanol–water partition coefficient (Wildman–Crippen LogP) is 2.20. The van der Waals surface area contributed by atoms with Crippen LogP contribution < -0.4 is 0 Å². The molecule has 1 fully saturated rings. The third-order valence-electron chi connectivity index (χ3n) is 1.69. The molecule has 0 aliphatic carbocycles. The highest BCUT2D eigenvalue weighted by molar-refractivity contribution is 8.15. The molecule has 0 bridgehead atoms. The van der Waals surface area contributed by atoms with Crippen molar-refractivity contribution in [2.45, 2.75) is 11.8 Å². The first-order chi connectivity index (χ1) is 5.95. The molecular weight excluding hydrogens is 220 g/mol. The van der Waals surface area contributed by atoms with E-state index < -0.39 is 17.2 Å². The molecule has 0 amide bonds. The van der Waals surface area contributed by atoms with Gasteiger partial charge in [-0.1, -0.05) is 11.8 Å². The number of thioether (sulfide) groups is 1. The first-order valence-corrected chi connectivity index (χ1v) is 4.81. The first-order valence-electron chi connectivity index (χ1n) is 3.45. The van der Waals surface area contributed by atoms with Gasteiger partial charge in [0.25, 0.3) is 0 Å². The lowest BCUT2D eigenvalue weighted by molar-refractivity contribution is -0.115. The summed E-state index contributed by atoms with van der Waals surface area (Å²) >= 11 is 5.74. The molecule has 1 radical (unpaired) electrons. The van der Waals surface area contributed by atoms with Crippen LogP contribution >= 0.6 is 23.4 Å². The number of carbonyl (C=O) groups excluding carboxylic acids is 1. The van der Waals surface area contributed by atoms with Crippen LogP contribution in [0.1, 0.15) is 6.42 Å². The maximum absolute atomic E-state index is 12.4. The van der Waals surface area contributed by atoms with Crippen molar-refractivity contribution in [3.05, 3.63) is 5.92 Å². The topological polar surface area (TPSA) is 40.9 Å². The maximum Gasteiger partial charge on any atom is 0.341 e. The van der Waals surface area contributed by atoms with Gasteiger partial charge in [-0.3, -0.25) is 4.79 Å². The van der Waals surface area contributed by atoms with Crippen LogP contribution in [0.2, 0.25) is 0 Å². The van der Waals surface area contributed by atoms with Gasteiger partial charge in [0.2, 0.25) is 0 Å². The normalized spacial score (nSPS) is 22.7. The zero-order valence-electron chi connectivity index (χ0n) is 6.39. The zero-order valence-corrected chi connectivity index (χ0v) is 7.96. The Labute approximate surface area is 83.2 Å². The number of hydrogen-bond acceptors (Lipinski definition) is 3. The number of alkyl halides is 3. The number of carbonyl (C=O) groups is 1. The standard InChI is InChI=1S/C7H5ClF2NOS/c8-7(9,10)5(2-11)1-4-3-13-6(4)12/h4H,1,3H2. The second-order valence-electron chi connectivity index (χ2n) is 2.62. The molecule has 1 aliphatic heterocycles. The van der Waals surface area contributed by atoms with Crippen LogP contribution in [0.5, 0.6) is 0 Å². The molecule has 1 heterocycles. The van der Waals surface area contributed by atoms with Crippen LogP contribution in [0.15, 0.2) is 0 Å². The molecule has 1 saturated heterocycles. The SMILES string of the molecule is N#C[C](CC1CSC1=O)C(F)(F)Cl. The Morgan fingerprint density at radius 2 is 2.46 bits per heavy atom. The van der Waals surface area contributed by atoms with Crippen molar-refractivity contribution >= 4 is 28.5 Å². The van der Waals surface area contributed by atoms with E-state index in [4.69, 9.17) is 5.26 Å².